The number of carbonyl (C=O) groups excluding carboxylic acids is 1. The molecule has 1 fully saturated rings. The van der Waals surface area contributed by atoms with Crippen molar-refractivity contribution in [1.29, 1.82) is 0 Å². The SMILES string of the molecule is CC(C)n1cnnc1SCC(=O)NC1CCCCCC1. The van der Waals surface area contributed by atoms with E-state index in [9.17, 15) is 4.79 Å². The Bertz CT molecular complexity index is 425. The Kier molecular flexibility index (Phi) is 5.88. The quantitative estimate of drug-likeness (QED) is 0.670. The van der Waals surface area contributed by atoms with Crippen molar-refractivity contribution in [2.24, 2.45) is 0 Å². The summed E-state index contributed by atoms with van der Waals surface area (Å²) in [4.78, 5) is 12.0. The molecule has 0 atom stereocenters. The van der Waals surface area contributed by atoms with Crippen molar-refractivity contribution in [1.82, 2.24) is 20.1 Å². The monoisotopic (exact) mass is 296 g/mol. The Labute approximate surface area is 124 Å². The van der Waals surface area contributed by atoms with Crippen molar-refractivity contribution in [2.45, 2.75) is 69.6 Å². The van der Waals surface area contributed by atoms with Crippen molar-refractivity contribution < 1.29 is 4.79 Å². The summed E-state index contributed by atoms with van der Waals surface area (Å²) in [6, 6.07) is 0.686. The van der Waals surface area contributed by atoms with E-state index >= 15 is 0 Å². The molecule has 112 valence electrons. The summed E-state index contributed by atoms with van der Waals surface area (Å²) >= 11 is 1.46. The molecule has 0 unspecified atom stereocenters. The lowest BCUT2D eigenvalue weighted by Crippen LogP contribution is -2.35. The van der Waals surface area contributed by atoms with E-state index in [0.29, 0.717) is 17.8 Å². The van der Waals surface area contributed by atoms with E-state index in [1.54, 1.807) is 6.33 Å². The van der Waals surface area contributed by atoms with Gasteiger partial charge < -0.3 is 9.88 Å². The second-order valence-electron chi connectivity index (χ2n) is 5.66. The fourth-order valence-electron chi connectivity index (χ4n) is 2.51. The number of nitrogens with zero attached hydrogens (tertiary/aromatic N) is 3. The van der Waals surface area contributed by atoms with Gasteiger partial charge in [0, 0.05) is 12.1 Å². The summed E-state index contributed by atoms with van der Waals surface area (Å²) < 4.78 is 1.99. The van der Waals surface area contributed by atoms with Crippen LogP contribution in [0.3, 0.4) is 0 Å². The fraction of sp³-hybridized carbons (Fsp3) is 0.786. The van der Waals surface area contributed by atoms with E-state index in [4.69, 9.17) is 0 Å². The maximum Gasteiger partial charge on any atom is 0.230 e. The highest BCUT2D eigenvalue weighted by Gasteiger charge is 2.16. The summed E-state index contributed by atoms with van der Waals surface area (Å²) in [5.41, 5.74) is 0. The van der Waals surface area contributed by atoms with E-state index in [1.165, 1.54) is 37.4 Å². The van der Waals surface area contributed by atoms with E-state index in [-0.39, 0.29) is 5.91 Å². The third kappa shape index (κ3) is 4.51. The fourth-order valence-corrected chi connectivity index (χ4v) is 3.37. The number of carbonyl (C=O) groups is 1. The lowest BCUT2D eigenvalue weighted by molar-refractivity contribution is -0.119. The maximum atomic E-state index is 12.0. The van der Waals surface area contributed by atoms with Crippen LogP contribution in [0.5, 0.6) is 0 Å². The molecule has 1 aromatic rings. The summed E-state index contributed by atoms with van der Waals surface area (Å²) in [5, 5.41) is 11.9. The molecular weight excluding hydrogens is 272 g/mol. The van der Waals surface area contributed by atoms with Gasteiger partial charge in [-0.25, -0.2) is 0 Å². The average molecular weight is 296 g/mol. The van der Waals surface area contributed by atoms with Gasteiger partial charge in [0.1, 0.15) is 6.33 Å². The average Bonchev–Trinajstić information content (AvgIpc) is 2.75. The van der Waals surface area contributed by atoms with Gasteiger partial charge in [-0.2, -0.15) is 0 Å². The van der Waals surface area contributed by atoms with Crippen molar-refractivity contribution in [2.75, 3.05) is 5.75 Å². The van der Waals surface area contributed by atoms with Gasteiger partial charge in [-0.15, -0.1) is 10.2 Å². The first-order valence-corrected chi connectivity index (χ1v) is 8.47. The normalized spacial score (nSPS) is 17.1. The second kappa shape index (κ2) is 7.67. The molecule has 5 nitrogen and oxygen atoms in total. The molecule has 0 saturated heterocycles. The molecule has 0 aliphatic heterocycles. The molecular formula is C14H24N4OS. The molecule has 20 heavy (non-hydrogen) atoms. The summed E-state index contributed by atoms with van der Waals surface area (Å²) in [7, 11) is 0. The highest BCUT2D eigenvalue weighted by Crippen LogP contribution is 2.20. The largest absolute Gasteiger partial charge is 0.353 e. The van der Waals surface area contributed by atoms with Gasteiger partial charge in [-0.1, -0.05) is 37.4 Å². The van der Waals surface area contributed by atoms with Gasteiger partial charge in [0.15, 0.2) is 5.16 Å². The number of hydrogen-bond acceptors (Lipinski definition) is 4. The number of nitrogens with one attached hydrogen (secondary N) is 1. The molecule has 6 heteroatoms. The molecule has 2 rings (SSSR count). The zero-order valence-electron chi connectivity index (χ0n) is 12.3. The Morgan fingerprint density at radius 3 is 2.75 bits per heavy atom. The molecule has 1 saturated carbocycles. The summed E-state index contributed by atoms with van der Waals surface area (Å²) in [6.45, 7) is 4.16. The lowest BCUT2D eigenvalue weighted by atomic mass is 10.1. The predicted octanol–water partition coefficient (Wildman–Crippen LogP) is 2.79. The van der Waals surface area contributed by atoms with Crippen LogP contribution in [0.1, 0.15) is 58.4 Å². The first-order chi connectivity index (χ1) is 9.66. The number of thioether (sulfide) groups is 1. The van der Waals surface area contributed by atoms with Crippen LogP contribution in [0.2, 0.25) is 0 Å². The van der Waals surface area contributed by atoms with Gasteiger partial charge in [-0.05, 0) is 26.7 Å². The molecule has 0 aromatic carbocycles. The van der Waals surface area contributed by atoms with Crippen LogP contribution in [0.4, 0.5) is 0 Å². The van der Waals surface area contributed by atoms with Crippen LogP contribution in [0.15, 0.2) is 11.5 Å². The topological polar surface area (TPSA) is 59.8 Å². The lowest BCUT2D eigenvalue weighted by Gasteiger charge is -2.16. The first kappa shape index (κ1) is 15.4. The van der Waals surface area contributed by atoms with Crippen LogP contribution in [-0.4, -0.2) is 32.5 Å². The number of rotatable bonds is 5. The molecule has 0 bridgehead atoms. The minimum Gasteiger partial charge on any atom is -0.353 e. The smallest absolute Gasteiger partial charge is 0.230 e. The van der Waals surface area contributed by atoms with Crippen LogP contribution in [0.25, 0.3) is 0 Å². The third-order valence-electron chi connectivity index (χ3n) is 3.65. The van der Waals surface area contributed by atoms with E-state index in [0.717, 1.165) is 18.0 Å². The van der Waals surface area contributed by atoms with Crippen molar-refractivity contribution in [3.05, 3.63) is 6.33 Å². The highest BCUT2D eigenvalue weighted by molar-refractivity contribution is 7.99. The molecule has 1 heterocycles. The third-order valence-corrected chi connectivity index (χ3v) is 4.61. The summed E-state index contributed by atoms with van der Waals surface area (Å²) in [6.07, 6.45) is 9.05. The number of amides is 1. The maximum absolute atomic E-state index is 12.0. The van der Waals surface area contributed by atoms with Crippen LogP contribution in [-0.2, 0) is 4.79 Å². The molecule has 1 N–H and O–H groups in total. The second-order valence-corrected chi connectivity index (χ2v) is 6.60. The van der Waals surface area contributed by atoms with Gasteiger partial charge in [-0.3, -0.25) is 4.79 Å². The van der Waals surface area contributed by atoms with E-state index in [2.05, 4.69) is 29.4 Å². The van der Waals surface area contributed by atoms with Gasteiger partial charge >= 0.3 is 0 Å². The van der Waals surface area contributed by atoms with Crippen LogP contribution < -0.4 is 5.32 Å². The zero-order valence-corrected chi connectivity index (χ0v) is 13.2. The molecule has 1 aromatic heterocycles. The predicted molar refractivity (Wildman–Crippen MR) is 80.8 cm³/mol. The van der Waals surface area contributed by atoms with Crippen LogP contribution >= 0.6 is 11.8 Å². The van der Waals surface area contributed by atoms with E-state index < -0.39 is 0 Å². The molecule has 1 amide bonds. The van der Waals surface area contributed by atoms with Crippen LogP contribution in [0, 0.1) is 0 Å². The van der Waals surface area contributed by atoms with E-state index in [1.807, 2.05) is 4.57 Å². The van der Waals surface area contributed by atoms with Gasteiger partial charge in [0.2, 0.25) is 5.91 Å². The minimum atomic E-state index is 0.111. The first-order valence-electron chi connectivity index (χ1n) is 7.48. The standard InChI is InChI=1S/C14H24N4OS/c1-11(2)18-10-15-17-14(18)20-9-13(19)16-12-7-5-3-4-6-8-12/h10-12H,3-9H2,1-2H3,(H,16,19). The Hall–Kier alpha value is -1.04. The molecule has 1 aliphatic carbocycles. The van der Waals surface area contributed by atoms with Crippen molar-refractivity contribution >= 4 is 17.7 Å². The summed E-state index contributed by atoms with van der Waals surface area (Å²) in [5.74, 6) is 0.530. The van der Waals surface area contributed by atoms with Gasteiger partial charge in [0.05, 0.1) is 5.75 Å². The molecule has 0 spiro atoms. The Morgan fingerprint density at radius 1 is 1.40 bits per heavy atom. The number of hydrogen-bond donors (Lipinski definition) is 1. The Balaban J connectivity index is 1.78. The molecule has 0 radical (unpaired) electrons. The van der Waals surface area contributed by atoms with Crippen molar-refractivity contribution in [3.8, 4) is 0 Å². The number of aromatic nitrogens is 3. The van der Waals surface area contributed by atoms with Crippen molar-refractivity contribution in [3.63, 3.8) is 0 Å². The molecule has 1 aliphatic rings. The Morgan fingerprint density at radius 2 is 2.10 bits per heavy atom. The van der Waals surface area contributed by atoms with Gasteiger partial charge in [0.25, 0.3) is 0 Å². The highest BCUT2D eigenvalue weighted by atomic mass is 32.2. The zero-order chi connectivity index (χ0) is 14.4. The minimum absolute atomic E-state index is 0.111.